The number of anilines is 1. The van der Waals surface area contributed by atoms with Gasteiger partial charge in [0.15, 0.2) is 0 Å². The number of halogens is 2. The molecule has 8 nitrogen and oxygen atoms in total. The van der Waals surface area contributed by atoms with E-state index < -0.39 is 11.7 Å². The fourth-order valence-corrected chi connectivity index (χ4v) is 3.29. The fourth-order valence-electron chi connectivity index (χ4n) is 3.11. The molecule has 0 bridgehead atoms. The van der Waals surface area contributed by atoms with Gasteiger partial charge in [-0.2, -0.15) is 9.50 Å². The van der Waals surface area contributed by atoms with Crippen LogP contribution in [0.4, 0.5) is 10.1 Å². The van der Waals surface area contributed by atoms with Crippen molar-refractivity contribution in [1.29, 1.82) is 0 Å². The zero-order valence-electron chi connectivity index (χ0n) is 17.3. The van der Waals surface area contributed by atoms with Crippen LogP contribution in [-0.2, 0) is 6.61 Å². The standard InChI is InChI=1S/C22H19ClFN5O3/c1-13(2)28-12-25-22-26-17(10-20(30)29(22)28)11-32-19-7-6-15(23)9-18(19)27-21(31)14-4-3-5-16(24)8-14/h3-10,12-13H,11H2,1-2H3,(H,27,31). The molecule has 10 heteroatoms. The van der Waals surface area contributed by atoms with Gasteiger partial charge in [-0.15, -0.1) is 0 Å². The first-order chi connectivity index (χ1) is 15.3. The minimum atomic E-state index is -0.520. The molecule has 32 heavy (non-hydrogen) atoms. The average molecular weight is 456 g/mol. The number of amides is 1. The Labute approximate surface area is 187 Å². The molecule has 0 saturated carbocycles. The van der Waals surface area contributed by atoms with Gasteiger partial charge in [0.05, 0.1) is 11.4 Å². The SMILES string of the molecule is CC(C)n1cnc2nc(COc3ccc(Cl)cc3NC(=O)c3cccc(F)c3)cc(=O)n21. The number of carbonyl (C=O) groups is 1. The number of fused-ring (bicyclic) bond motifs is 1. The Balaban J connectivity index is 1.56. The van der Waals surface area contributed by atoms with E-state index in [1.54, 1.807) is 23.1 Å². The molecule has 0 radical (unpaired) electrons. The predicted octanol–water partition coefficient (Wildman–Crippen LogP) is 4.10. The smallest absolute Gasteiger partial charge is 0.274 e. The third-order valence-corrected chi connectivity index (χ3v) is 4.87. The molecule has 2 aromatic heterocycles. The summed E-state index contributed by atoms with van der Waals surface area (Å²) in [7, 11) is 0. The topological polar surface area (TPSA) is 90.5 Å². The summed E-state index contributed by atoms with van der Waals surface area (Å²) in [4.78, 5) is 33.6. The quantitative estimate of drug-likeness (QED) is 0.472. The van der Waals surface area contributed by atoms with Crippen molar-refractivity contribution in [2.24, 2.45) is 0 Å². The second kappa shape index (κ2) is 8.80. The summed E-state index contributed by atoms with van der Waals surface area (Å²) in [5.74, 6) is -0.462. The Bertz CT molecular complexity index is 1370. The summed E-state index contributed by atoms with van der Waals surface area (Å²) in [6, 6.07) is 11.4. The van der Waals surface area contributed by atoms with E-state index in [2.05, 4.69) is 15.3 Å². The van der Waals surface area contributed by atoms with Crippen LogP contribution in [0.1, 0.15) is 35.9 Å². The van der Waals surface area contributed by atoms with E-state index in [-0.39, 0.29) is 29.5 Å². The lowest BCUT2D eigenvalue weighted by Crippen LogP contribution is -2.23. The highest BCUT2D eigenvalue weighted by Crippen LogP contribution is 2.29. The molecule has 0 spiro atoms. The van der Waals surface area contributed by atoms with Gasteiger partial charge in [0, 0.05) is 22.7 Å². The summed E-state index contributed by atoms with van der Waals surface area (Å²) in [5, 5.41) is 3.05. The molecule has 0 aliphatic carbocycles. The Kier molecular flexibility index (Phi) is 5.91. The Hall–Kier alpha value is -3.72. The molecule has 0 aliphatic heterocycles. The zero-order chi connectivity index (χ0) is 22.8. The molecule has 0 fully saturated rings. The molecule has 0 aliphatic rings. The van der Waals surface area contributed by atoms with Crippen LogP contribution in [0.15, 0.2) is 59.7 Å². The van der Waals surface area contributed by atoms with Crippen LogP contribution < -0.4 is 15.6 Å². The molecule has 2 aromatic carbocycles. The summed E-state index contributed by atoms with van der Waals surface area (Å²) in [6.07, 6.45) is 1.55. The lowest BCUT2D eigenvalue weighted by molar-refractivity contribution is 0.102. The molecular weight excluding hydrogens is 437 g/mol. The number of carbonyl (C=O) groups excluding carboxylic acids is 1. The first-order valence-electron chi connectivity index (χ1n) is 9.77. The van der Waals surface area contributed by atoms with Crippen molar-refractivity contribution in [2.75, 3.05) is 5.32 Å². The van der Waals surface area contributed by atoms with Crippen molar-refractivity contribution in [2.45, 2.75) is 26.5 Å². The number of ether oxygens (including phenoxy) is 1. The molecule has 4 aromatic rings. The number of hydrogen-bond acceptors (Lipinski definition) is 5. The molecular formula is C22H19ClFN5O3. The van der Waals surface area contributed by atoms with Crippen LogP contribution >= 0.6 is 11.6 Å². The maximum Gasteiger partial charge on any atom is 0.274 e. The number of nitrogens with one attached hydrogen (secondary N) is 1. The number of aromatic nitrogens is 4. The highest BCUT2D eigenvalue weighted by Gasteiger charge is 2.14. The first-order valence-corrected chi connectivity index (χ1v) is 10.1. The van der Waals surface area contributed by atoms with Crippen molar-refractivity contribution in [1.82, 2.24) is 19.2 Å². The van der Waals surface area contributed by atoms with E-state index in [1.807, 2.05) is 13.8 Å². The van der Waals surface area contributed by atoms with Crippen molar-refractivity contribution < 1.29 is 13.9 Å². The fraction of sp³-hybridized carbons (Fsp3) is 0.182. The van der Waals surface area contributed by atoms with Crippen LogP contribution in [0.2, 0.25) is 5.02 Å². The minimum absolute atomic E-state index is 0.0370. The van der Waals surface area contributed by atoms with Crippen molar-refractivity contribution in [3.8, 4) is 5.75 Å². The number of hydrogen-bond donors (Lipinski definition) is 1. The second-order valence-electron chi connectivity index (χ2n) is 7.31. The highest BCUT2D eigenvalue weighted by molar-refractivity contribution is 6.31. The van der Waals surface area contributed by atoms with Gasteiger partial charge in [-0.1, -0.05) is 17.7 Å². The van der Waals surface area contributed by atoms with Gasteiger partial charge in [-0.25, -0.2) is 9.37 Å². The van der Waals surface area contributed by atoms with E-state index in [1.165, 1.54) is 34.8 Å². The van der Waals surface area contributed by atoms with Crippen molar-refractivity contribution >= 4 is 29.0 Å². The van der Waals surface area contributed by atoms with Crippen LogP contribution in [0.5, 0.6) is 5.75 Å². The molecule has 0 atom stereocenters. The van der Waals surface area contributed by atoms with Crippen molar-refractivity contribution in [3.63, 3.8) is 0 Å². The van der Waals surface area contributed by atoms with Gasteiger partial charge in [-0.05, 0) is 50.2 Å². The first kappa shape index (κ1) is 21.5. The Morgan fingerprint density at radius 3 is 2.78 bits per heavy atom. The Morgan fingerprint density at radius 1 is 1.22 bits per heavy atom. The highest BCUT2D eigenvalue weighted by atomic mass is 35.5. The lowest BCUT2D eigenvalue weighted by atomic mass is 10.2. The van der Waals surface area contributed by atoms with Crippen LogP contribution in [-0.4, -0.2) is 25.1 Å². The van der Waals surface area contributed by atoms with E-state index in [0.29, 0.717) is 22.2 Å². The van der Waals surface area contributed by atoms with Crippen LogP contribution in [0, 0.1) is 5.82 Å². The van der Waals surface area contributed by atoms with Crippen molar-refractivity contribution in [3.05, 3.63) is 87.3 Å². The van der Waals surface area contributed by atoms with Gasteiger partial charge in [0.1, 0.15) is 24.5 Å². The van der Waals surface area contributed by atoms with Gasteiger partial charge in [0.2, 0.25) is 0 Å². The minimum Gasteiger partial charge on any atom is -0.485 e. The Morgan fingerprint density at radius 2 is 2.03 bits per heavy atom. The normalized spacial score (nSPS) is 11.2. The van der Waals surface area contributed by atoms with Gasteiger partial charge < -0.3 is 10.1 Å². The van der Waals surface area contributed by atoms with E-state index in [9.17, 15) is 14.0 Å². The molecule has 4 rings (SSSR count). The van der Waals surface area contributed by atoms with E-state index in [4.69, 9.17) is 16.3 Å². The summed E-state index contributed by atoms with van der Waals surface area (Å²) in [5.41, 5.74) is 0.544. The lowest BCUT2D eigenvalue weighted by Gasteiger charge is -2.13. The predicted molar refractivity (Wildman–Crippen MR) is 118 cm³/mol. The van der Waals surface area contributed by atoms with E-state index in [0.717, 1.165) is 6.07 Å². The van der Waals surface area contributed by atoms with Gasteiger partial charge >= 0.3 is 0 Å². The summed E-state index contributed by atoms with van der Waals surface area (Å²) in [6.45, 7) is 3.83. The average Bonchev–Trinajstić information content (AvgIpc) is 3.18. The molecule has 164 valence electrons. The molecule has 2 heterocycles. The molecule has 0 unspecified atom stereocenters. The third kappa shape index (κ3) is 4.47. The molecule has 0 saturated heterocycles. The van der Waals surface area contributed by atoms with Crippen LogP contribution in [0.3, 0.4) is 0 Å². The van der Waals surface area contributed by atoms with Crippen LogP contribution in [0.25, 0.3) is 5.78 Å². The number of nitrogens with zero attached hydrogens (tertiary/aromatic N) is 4. The number of benzene rings is 2. The molecule has 1 amide bonds. The summed E-state index contributed by atoms with van der Waals surface area (Å²) >= 11 is 6.07. The largest absolute Gasteiger partial charge is 0.485 e. The maximum absolute atomic E-state index is 13.4. The van der Waals surface area contributed by atoms with Gasteiger partial charge in [0.25, 0.3) is 17.2 Å². The van der Waals surface area contributed by atoms with E-state index >= 15 is 0 Å². The summed E-state index contributed by atoms with van der Waals surface area (Å²) < 4.78 is 22.3. The third-order valence-electron chi connectivity index (χ3n) is 4.64. The van der Waals surface area contributed by atoms with Gasteiger partial charge in [-0.3, -0.25) is 14.3 Å². The monoisotopic (exact) mass is 455 g/mol. The molecule has 1 N–H and O–H groups in total. The maximum atomic E-state index is 13.4. The second-order valence-corrected chi connectivity index (χ2v) is 7.75. The zero-order valence-corrected chi connectivity index (χ0v) is 18.0. The number of rotatable bonds is 6.